The van der Waals surface area contributed by atoms with Crippen LogP contribution in [0, 0.1) is 0 Å². The lowest BCUT2D eigenvalue weighted by Gasteiger charge is -2.33. The summed E-state index contributed by atoms with van der Waals surface area (Å²) in [4.78, 5) is 53.9. The summed E-state index contributed by atoms with van der Waals surface area (Å²) >= 11 is 0. The molecule has 5 rings (SSSR count). The molecule has 0 radical (unpaired) electrons. The molecule has 1 N–H and O–H groups in total. The van der Waals surface area contributed by atoms with Gasteiger partial charge in [-0.1, -0.05) is 54.6 Å². The van der Waals surface area contributed by atoms with Crippen molar-refractivity contribution in [1.82, 2.24) is 10.2 Å². The van der Waals surface area contributed by atoms with Crippen LogP contribution in [0.1, 0.15) is 50.3 Å². The molecular weight excluding hydrogens is 540 g/mol. The molecule has 4 atom stereocenters. The molecule has 0 bridgehead atoms. The Balaban J connectivity index is 1.46. The van der Waals surface area contributed by atoms with Crippen molar-refractivity contribution in [1.29, 1.82) is 0 Å². The maximum absolute atomic E-state index is 13.3. The lowest BCUT2D eigenvalue weighted by molar-refractivity contribution is -0.0861. The fourth-order valence-electron chi connectivity index (χ4n) is 4.93. The van der Waals surface area contributed by atoms with Gasteiger partial charge in [-0.25, -0.2) is 19.2 Å². The molecule has 2 heterocycles. The topological polar surface area (TPSA) is 120 Å². The van der Waals surface area contributed by atoms with Crippen LogP contribution in [0.25, 0.3) is 0 Å². The van der Waals surface area contributed by atoms with Gasteiger partial charge in [-0.2, -0.15) is 0 Å². The lowest BCUT2D eigenvalue weighted by atomic mass is 10.1. The first-order valence-corrected chi connectivity index (χ1v) is 14.0. The van der Waals surface area contributed by atoms with Crippen molar-refractivity contribution in [3.8, 4) is 0 Å². The number of hydrogen-bond donors (Lipinski definition) is 1. The monoisotopic (exact) mass is 572 g/mol. The zero-order valence-corrected chi connectivity index (χ0v) is 22.9. The van der Waals surface area contributed by atoms with Crippen LogP contribution >= 0.6 is 0 Å². The highest BCUT2D eigenvalue weighted by Crippen LogP contribution is 2.32. The van der Waals surface area contributed by atoms with E-state index < -0.39 is 48.5 Å². The molecule has 10 nitrogen and oxygen atoms in total. The van der Waals surface area contributed by atoms with Crippen molar-refractivity contribution in [3.63, 3.8) is 0 Å². The van der Waals surface area contributed by atoms with Crippen molar-refractivity contribution in [3.05, 3.63) is 108 Å². The summed E-state index contributed by atoms with van der Waals surface area (Å²) in [5.41, 5.74) is 0.888. The molecule has 10 heteroatoms. The fourth-order valence-corrected chi connectivity index (χ4v) is 4.93. The zero-order chi connectivity index (χ0) is 29.3. The van der Waals surface area contributed by atoms with E-state index in [2.05, 4.69) is 5.32 Å². The third kappa shape index (κ3) is 6.95. The molecule has 3 aromatic rings. The number of nitrogens with one attached hydrogen (secondary N) is 1. The number of carbonyl (C=O) groups excluding carboxylic acids is 4. The van der Waals surface area contributed by atoms with Gasteiger partial charge in [0.2, 0.25) is 0 Å². The molecule has 42 heavy (non-hydrogen) atoms. The molecule has 2 amide bonds. The summed E-state index contributed by atoms with van der Waals surface area (Å²) < 4.78 is 23.7. The minimum Gasteiger partial charge on any atom is -0.459 e. The largest absolute Gasteiger partial charge is 0.459 e. The van der Waals surface area contributed by atoms with Gasteiger partial charge >= 0.3 is 23.9 Å². The van der Waals surface area contributed by atoms with Gasteiger partial charge in [0.05, 0.1) is 16.7 Å². The molecule has 0 saturated carbocycles. The SMILES string of the molecule is O=C(OC[C@H]1O[C@@H](N2CCCCCNC2=O)[C@H](OC(=O)c2ccccc2)[C@@H]1OC(=O)c1ccccc1)c1ccccc1. The maximum atomic E-state index is 13.3. The average molecular weight is 573 g/mol. The van der Waals surface area contributed by atoms with E-state index in [1.807, 2.05) is 0 Å². The van der Waals surface area contributed by atoms with Crippen LogP contribution < -0.4 is 5.32 Å². The highest BCUT2D eigenvalue weighted by molar-refractivity contribution is 5.91. The number of esters is 3. The molecule has 2 aliphatic rings. The third-order valence-electron chi connectivity index (χ3n) is 7.10. The van der Waals surface area contributed by atoms with E-state index >= 15 is 0 Å². The summed E-state index contributed by atoms with van der Waals surface area (Å²) in [7, 11) is 0. The van der Waals surface area contributed by atoms with E-state index in [0.29, 0.717) is 25.1 Å². The predicted molar refractivity (Wildman–Crippen MR) is 151 cm³/mol. The number of urea groups is 1. The van der Waals surface area contributed by atoms with Gasteiger partial charge in [0.1, 0.15) is 12.7 Å². The van der Waals surface area contributed by atoms with Gasteiger partial charge in [0, 0.05) is 13.1 Å². The Hall–Kier alpha value is -4.70. The summed E-state index contributed by atoms with van der Waals surface area (Å²) in [6.07, 6.45) is -2.13. The first-order chi connectivity index (χ1) is 20.5. The Morgan fingerprint density at radius 2 is 1.24 bits per heavy atom. The minimum absolute atomic E-state index is 0.276. The highest BCUT2D eigenvalue weighted by Gasteiger charge is 2.53. The zero-order valence-electron chi connectivity index (χ0n) is 22.9. The van der Waals surface area contributed by atoms with Crippen LogP contribution in [0.15, 0.2) is 91.0 Å². The van der Waals surface area contributed by atoms with Crippen LogP contribution in [-0.2, 0) is 18.9 Å². The van der Waals surface area contributed by atoms with E-state index in [9.17, 15) is 19.2 Å². The third-order valence-corrected chi connectivity index (χ3v) is 7.10. The Kier molecular flexibility index (Phi) is 9.45. The standard InChI is InChI=1S/C32H32N2O8/c35-29(22-13-5-1-6-14-22)39-21-25-26(41-30(36)23-15-7-2-8-16-23)27(42-31(37)24-17-9-3-10-18-24)28(40-25)34-20-12-4-11-19-33-32(34)38/h1-3,5-10,13-18,25-28H,4,11-12,19-21H2,(H,33,38)/t25-,26-,27-,28-/m1/s1. The second-order valence-corrected chi connectivity index (χ2v) is 9.99. The van der Waals surface area contributed by atoms with Crippen LogP contribution in [0.3, 0.4) is 0 Å². The van der Waals surface area contributed by atoms with Crippen LogP contribution in [0.5, 0.6) is 0 Å². The Labute approximate surface area is 243 Å². The maximum Gasteiger partial charge on any atom is 0.338 e. The van der Waals surface area contributed by atoms with Crippen molar-refractivity contribution in [2.75, 3.05) is 19.7 Å². The van der Waals surface area contributed by atoms with E-state index in [1.165, 1.54) is 4.90 Å². The van der Waals surface area contributed by atoms with Gasteiger partial charge in [0.15, 0.2) is 18.4 Å². The highest BCUT2D eigenvalue weighted by atomic mass is 16.7. The van der Waals surface area contributed by atoms with E-state index in [0.717, 1.165) is 12.8 Å². The number of carbonyl (C=O) groups is 4. The number of rotatable bonds is 8. The molecular formula is C32H32N2O8. The van der Waals surface area contributed by atoms with Crippen molar-refractivity contribution < 1.29 is 38.1 Å². The normalized spacial score (nSPS) is 22.3. The molecule has 2 aliphatic heterocycles. The minimum atomic E-state index is -1.21. The summed E-state index contributed by atoms with van der Waals surface area (Å²) in [6, 6.07) is 24.7. The van der Waals surface area contributed by atoms with E-state index in [4.69, 9.17) is 18.9 Å². The molecule has 218 valence electrons. The average Bonchev–Trinajstić information content (AvgIpc) is 3.34. The summed E-state index contributed by atoms with van der Waals surface area (Å²) in [5, 5.41) is 2.86. The van der Waals surface area contributed by atoms with Gasteiger partial charge < -0.3 is 24.3 Å². The smallest absolute Gasteiger partial charge is 0.338 e. The molecule has 2 fully saturated rings. The molecule has 2 saturated heterocycles. The fraction of sp³-hybridized carbons (Fsp3) is 0.312. The van der Waals surface area contributed by atoms with Crippen molar-refractivity contribution in [2.45, 2.75) is 43.8 Å². The lowest BCUT2D eigenvalue weighted by Crippen LogP contribution is -2.53. The van der Waals surface area contributed by atoms with Crippen molar-refractivity contribution in [2.24, 2.45) is 0 Å². The number of ether oxygens (including phenoxy) is 4. The first-order valence-electron chi connectivity index (χ1n) is 14.0. The second kappa shape index (κ2) is 13.8. The van der Waals surface area contributed by atoms with Crippen LogP contribution in [0.2, 0.25) is 0 Å². The Morgan fingerprint density at radius 3 is 1.81 bits per heavy atom. The second-order valence-electron chi connectivity index (χ2n) is 9.99. The van der Waals surface area contributed by atoms with Crippen LogP contribution in [0.4, 0.5) is 4.79 Å². The Bertz CT molecular complexity index is 1370. The molecule has 3 aromatic carbocycles. The predicted octanol–water partition coefficient (Wildman–Crippen LogP) is 4.22. The van der Waals surface area contributed by atoms with Gasteiger partial charge in [-0.15, -0.1) is 0 Å². The van der Waals surface area contributed by atoms with Crippen molar-refractivity contribution >= 4 is 23.9 Å². The summed E-state index contributed by atoms with van der Waals surface area (Å²) in [6.45, 7) is 0.499. The summed E-state index contributed by atoms with van der Waals surface area (Å²) in [5.74, 6) is -1.95. The van der Waals surface area contributed by atoms with E-state index in [-0.39, 0.29) is 17.7 Å². The molecule has 0 unspecified atom stereocenters. The molecule has 0 spiro atoms. The van der Waals surface area contributed by atoms with Crippen LogP contribution in [-0.4, -0.2) is 73.1 Å². The first kappa shape index (κ1) is 28.8. The molecule has 0 aliphatic carbocycles. The van der Waals surface area contributed by atoms with Gasteiger partial charge in [-0.3, -0.25) is 4.90 Å². The number of hydrogen-bond acceptors (Lipinski definition) is 8. The molecule has 0 aromatic heterocycles. The van der Waals surface area contributed by atoms with Gasteiger partial charge in [-0.05, 0) is 55.7 Å². The quantitative estimate of drug-likeness (QED) is 0.315. The van der Waals surface area contributed by atoms with Gasteiger partial charge in [0.25, 0.3) is 0 Å². The number of amides is 2. The number of nitrogens with zero attached hydrogens (tertiary/aromatic N) is 1. The Morgan fingerprint density at radius 1 is 0.714 bits per heavy atom. The number of benzene rings is 3. The van der Waals surface area contributed by atoms with E-state index in [1.54, 1.807) is 91.0 Å².